The summed E-state index contributed by atoms with van der Waals surface area (Å²) in [5, 5.41) is 2.55. The number of nitrogens with two attached hydrogens (primary N) is 1. The fourth-order valence-electron chi connectivity index (χ4n) is 1.76. The molecular weight excluding hydrogens is 235 g/mol. The van der Waals surface area contributed by atoms with E-state index in [-0.39, 0.29) is 17.1 Å². The highest BCUT2D eigenvalue weighted by Gasteiger charge is 2.33. The van der Waals surface area contributed by atoms with E-state index in [1.807, 2.05) is 0 Å². The van der Waals surface area contributed by atoms with Crippen molar-refractivity contribution in [3.63, 3.8) is 0 Å². The number of hydrogen-bond acceptors (Lipinski definition) is 2. The van der Waals surface area contributed by atoms with E-state index >= 15 is 0 Å². The molecule has 16 heavy (non-hydrogen) atoms. The Labute approximate surface area is 95.6 Å². The van der Waals surface area contributed by atoms with Crippen molar-refractivity contribution in [1.82, 2.24) is 0 Å². The molecule has 0 saturated carbocycles. The molecule has 0 saturated heterocycles. The molecule has 6 heteroatoms. The number of carbonyl (C=O) groups is 2. The average molecular weight is 243 g/mol. The number of nitrogens with one attached hydrogen (secondary N) is 1. The summed E-state index contributed by atoms with van der Waals surface area (Å²) in [4.78, 5) is 22.3. The first-order chi connectivity index (χ1) is 7.49. The summed E-state index contributed by atoms with van der Waals surface area (Å²) in [7, 11) is 0. The topological polar surface area (TPSA) is 72.2 Å². The number of fused-ring (bicyclic) bond motifs is 1. The number of benzene rings is 1. The molecule has 1 heterocycles. The molecule has 1 atom stereocenters. The zero-order valence-corrected chi connectivity index (χ0v) is 8.84. The maximum atomic E-state index is 13.4. The van der Waals surface area contributed by atoms with E-state index in [1.54, 1.807) is 0 Å². The first-order valence-corrected chi connectivity index (χ1v) is 4.95. The molecule has 0 bridgehead atoms. The maximum Gasteiger partial charge on any atom is 0.232 e. The summed E-state index contributed by atoms with van der Waals surface area (Å²) < 4.78 is 13.4. The fraction of sp³-hybridized carbons (Fsp3) is 0.200. The van der Waals surface area contributed by atoms with Crippen molar-refractivity contribution >= 4 is 29.1 Å². The molecule has 1 aromatic rings. The van der Waals surface area contributed by atoms with E-state index in [4.69, 9.17) is 17.3 Å². The van der Waals surface area contributed by atoms with E-state index in [0.717, 1.165) is 6.07 Å². The van der Waals surface area contributed by atoms with Crippen LogP contribution >= 0.6 is 11.6 Å². The van der Waals surface area contributed by atoms with Crippen molar-refractivity contribution < 1.29 is 14.0 Å². The summed E-state index contributed by atoms with van der Waals surface area (Å²) >= 11 is 5.68. The molecule has 0 aliphatic carbocycles. The van der Waals surface area contributed by atoms with E-state index in [2.05, 4.69) is 5.32 Å². The van der Waals surface area contributed by atoms with Crippen LogP contribution in [0.2, 0.25) is 5.02 Å². The predicted octanol–water partition coefficient (Wildman–Crippen LogP) is 1.39. The average Bonchev–Trinajstić information content (AvgIpc) is 2.45. The van der Waals surface area contributed by atoms with Crippen molar-refractivity contribution in [2.75, 3.05) is 5.32 Å². The van der Waals surface area contributed by atoms with Crippen LogP contribution in [0.1, 0.15) is 17.9 Å². The molecule has 1 unspecified atom stereocenters. The van der Waals surface area contributed by atoms with Gasteiger partial charge in [-0.3, -0.25) is 9.59 Å². The monoisotopic (exact) mass is 242 g/mol. The zero-order valence-electron chi connectivity index (χ0n) is 8.09. The molecule has 2 rings (SSSR count). The first-order valence-electron chi connectivity index (χ1n) is 4.57. The number of anilines is 1. The Morgan fingerprint density at radius 3 is 2.88 bits per heavy atom. The lowest BCUT2D eigenvalue weighted by atomic mass is 9.97. The lowest BCUT2D eigenvalue weighted by Gasteiger charge is -2.06. The van der Waals surface area contributed by atoms with Crippen molar-refractivity contribution in [2.24, 2.45) is 5.73 Å². The summed E-state index contributed by atoms with van der Waals surface area (Å²) in [6, 6.07) is 2.57. The van der Waals surface area contributed by atoms with Crippen molar-refractivity contribution in [1.29, 1.82) is 0 Å². The maximum absolute atomic E-state index is 13.4. The van der Waals surface area contributed by atoms with Crippen LogP contribution in [0.15, 0.2) is 12.1 Å². The van der Waals surface area contributed by atoms with Gasteiger partial charge < -0.3 is 11.1 Å². The molecular formula is C10H8ClFN2O2. The van der Waals surface area contributed by atoms with Gasteiger partial charge in [0.15, 0.2) is 0 Å². The highest BCUT2D eigenvalue weighted by Crippen LogP contribution is 2.38. The first kappa shape index (κ1) is 10.9. The fourth-order valence-corrected chi connectivity index (χ4v) is 1.97. The molecule has 3 N–H and O–H groups in total. The molecule has 0 aromatic heterocycles. The van der Waals surface area contributed by atoms with E-state index in [9.17, 15) is 14.0 Å². The van der Waals surface area contributed by atoms with Crippen LogP contribution in [0.4, 0.5) is 10.1 Å². The minimum absolute atomic E-state index is 0.0839. The minimum atomic E-state index is -0.749. The van der Waals surface area contributed by atoms with Crippen molar-refractivity contribution in [3.8, 4) is 0 Å². The third-order valence-electron chi connectivity index (χ3n) is 2.43. The largest absolute Gasteiger partial charge is 0.370 e. The number of primary amides is 1. The Morgan fingerprint density at radius 1 is 1.56 bits per heavy atom. The summed E-state index contributed by atoms with van der Waals surface area (Å²) in [5.74, 6) is -2.41. The standard InChI is InChI=1S/C10H8ClFN2O2/c11-4-1-5-6(3-8(13)15)10(16)14-9(5)7(12)2-4/h1-2,6H,3H2,(H2,13,15)(H,14,16). The molecule has 0 fully saturated rings. The van der Waals surface area contributed by atoms with Gasteiger partial charge in [0.2, 0.25) is 11.8 Å². The Morgan fingerprint density at radius 2 is 2.25 bits per heavy atom. The van der Waals surface area contributed by atoms with Crippen molar-refractivity contribution in [2.45, 2.75) is 12.3 Å². The van der Waals surface area contributed by atoms with Gasteiger partial charge in [-0.15, -0.1) is 0 Å². The van der Waals surface area contributed by atoms with Gasteiger partial charge in [0.1, 0.15) is 5.82 Å². The Kier molecular flexibility index (Phi) is 2.55. The Hall–Kier alpha value is -1.62. The van der Waals surface area contributed by atoms with Crippen LogP contribution < -0.4 is 11.1 Å². The zero-order chi connectivity index (χ0) is 11.9. The lowest BCUT2D eigenvalue weighted by Crippen LogP contribution is -2.20. The molecule has 84 valence electrons. The second-order valence-electron chi connectivity index (χ2n) is 3.56. The second-order valence-corrected chi connectivity index (χ2v) is 4.00. The molecule has 0 radical (unpaired) electrons. The number of rotatable bonds is 2. The highest BCUT2D eigenvalue weighted by molar-refractivity contribution is 6.31. The summed E-state index contributed by atoms with van der Waals surface area (Å²) in [6.45, 7) is 0. The van der Waals surface area contributed by atoms with Gasteiger partial charge in [-0.05, 0) is 17.7 Å². The van der Waals surface area contributed by atoms with E-state index in [0.29, 0.717) is 5.56 Å². The quantitative estimate of drug-likeness (QED) is 0.823. The van der Waals surface area contributed by atoms with Gasteiger partial charge in [-0.25, -0.2) is 4.39 Å². The van der Waals surface area contributed by atoms with Crippen molar-refractivity contribution in [3.05, 3.63) is 28.5 Å². The van der Waals surface area contributed by atoms with Crippen LogP contribution in [0.25, 0.3) is 0 Å². The van der Waals surface area contributed by atoms with Gasteiger partial charge in [-0.2, -0.15) is 0 Å². The number of amides is 2. The van der Waals surface area contributed by atoms with Gasteiger partial charge in [0.05, 0.1) is 11.6 Å². The highest BCUT2D eigenvalue weighted by atomic mass is 35.5. The third-order valence-corrected chi connectivity index (χ3v) is 2.65. The van der Waals surface area contributed by atoms with Gasteiger partial charge in [0.25, 0.3) is 0 Å². The molecule has 1 aromatic carbocycles. The smallest absolute Gasteiger partial charge is 0.232 e. The molecule has 4 nitrogen and oxygen atoms in total. The van der Waals surface area contributed by atoms with Crippen LogP contribution in [-0.2, 0) is 9.59 Å². The normalized spacial score (nSPS) is 18.1. The molecule has 1 aliphatic heterocycles. The van der Waals surface area contributed by atoms with Crippen LogP contribution in [0.5, 0.6) is 0 Å². The number of hydrogen-bond donors (Lipinski definition) is 2. The van der Waals surface area contributed by atoms with E-state index < -0.39 is 23.5 Å². The van der Waals surface area contributed by atoms with Crippen LogP contribution in [0.3, 0.4) is 0 Å². The minimum Gasteiger partial charge on any atom is -0.370 e. The predicted molar refractivity (Wildman–Crippen MR) is 56.6 cm³/mol. The number of halogens is 2. The SMILES string of the molecule is NC(=O)CC1C(=O)Nc2c(F)cc(Cl)cc21. The van der Waals surface area contributed by atoms with Gasteiger partial charge in [-0.1, -0.05) is 11.6 Å². The van der Waals surface area contributed by atoms with Crippen LogP contribution in [-0.4, -0.2) is 11.8 Å². The molecule has 1 aliphatic rings. The van der Waals surface area contributed by atoms with E-state index in [1.165, 1.54) is 6.07 Å². The van der Waals surface area contributed by atoms with Gasteiger partial charge >= 0.3 is 0 Å². The summed E-state index contributed by atoms with van der Waals surface area (Å²) in [6.07, 6.45) is -0.154. The molecule has 0 spiro atoms. The Bertz CT molecular complexity index is 490. The second kappa shape index (κ2) is 3.75. The Balaban J connectivity index is 2.47. The van der Waals surface area contributed by atoms with Crippen LogP contribution in [0, 0.1) is 5.82 Å². The summed E-state index contributed by atoms with van der Waals surface area (Å²) in [5.41, 5.74) is 5.49. The number of carbonyl (C=O) groups excluding carboxylic acids is 2. The lowest BCUT2D eigenvalue weighted by molar-refractivity contribution is -0.123. The molecule has 2 amide bonds. The van der Waals surface area contributed by atoms with Gasteiger partial charge in [0, 0.05) is 11.4 Å². The third kappa shape index (κ3) is 1.74.